The molecule has 88 valence electrons. The summed E-state index contributed by atoms with van der Waals surface area (Å²) in [5.41, 5.74) is 10.5. The smallest absolute Gasteiger partial charge is 0.239 e. The van der Waals surface area contributed by atoms with Crippen LogP contribution in [0.1, 0.15) is 24.5 Å². The van der Waals surface area contributed by atoms with Gasteiger partial charge in [0, 0.05) is 0 Å². The highest BCUT2D eigenvalue weighted by Gasteiger charge is 2.47. The number of hydrogen-bond acceptors (Lipinski definition) is 4. The van der Waals surface area contributed by atoms with Gasteiger partial charge in [-0.25, -0.2) is 9.67 Å². The summed E-state index contributed by atoms with van der Waals surface area (Å²) in [6, 6.07) is 0. The Morgan fingerprint density at radius 1 is 1.56 bits per heavy atom. The van der Waals surface area contributed by atoms with E-state index in [1.807, 2.05) is 13.8 Å². The molecule has 0 aliphatic heterocycles. The lowest BCUT2D eigenvalue weighted by atomic mass is 9.93. The van der Waals surface area contributed by atoms with Gasteiger partial charge in [-0.1, -0.05) is 0 Å². The number of nitrogens with zero attached hydrogens (tertiary/aromatic N) is 3. The lowest BCUT2D eigenvalue weighted by Gasteiger charge is -2.25. The van der Waals surface area contributed by atoms with Crippen molar-refractivity contribution in [2.75, 3.05) is 0 Å². The van der Waals surface area contributed by atoms with Gasteiger partial charge in [0.15, 0.2) is 0 Å². The van der Waals surface area contributed by atoms with E-state index in [0.29, 0.717) is 12.4 Å². The van der Waals surface area contributed by atoms with E-state index in [0.717, 1.165) is 18.7 Å². The van der Waals surface area contributed by atoms with E-state index >= 15 is 0 Å². The molecule has 4 N–H and O–H groups in total. The van der Waals surface area contributed by atoms with E-state index in [4.69, 9.17) is 11.5 Å². The van der Waals surface area contributed by atoms with E-state index < -0.39 is 11.4 Å². The summed E-state index contributed by atoms with van der Waals surface area (Å²) in [5, 5.41) is 4.21. The van der Waals surface area contributed by atoms with Gasteiger partial charge >= 0.3 is 0 Å². The molecule has 1 fully saturated rings. The van der Waals surface area contributed by atoms with Crippen molar-refractivity contribution in [2.45, 2.75) is 38.8 Å². The molecule has 2 rings (SSSR count). The Balaban J connectivity index is 2.24. The standard InChI is InChI=1S/C10H17N5O/c1-6-13-7(2)15(14-6)5-10(12,9(11)16)8-3-4-8/h8H,3-5,12H2,1-2H3,(H2,11,16). The van der Waals surface area contributed by atoms with Crippen LogP contribution in [0, 0.1) is 19.8 Å². The largest absolute Gasteiger partial charge is 0.368 e. The third-order valence-corrected chi connectivity index (χ3v) is 3.14. The maximum atomic E-state index is 11.5. The van der Waals surface area contributed by atoms with Gasteiger partial charge in [-0.2, -0.15) is 5.10 Å². The molecule has 0 bridgehead atoms. The number of hydrogen-bond donors (Lipinski definition) is 2. The fourth-order valence-corrected chi connectivity index (χ4v) is 1.97. The zero-order chi connectivity index (χ0) is 11.9. The van der Waals surface area contributed by atoms with Crippen molar-refractivity contribution >= 4 is 5.91 Å². The number of aromatic nitrogens is 3. The maximum Gasteiger partial charge on any atom is 0.239 e. The van der Waals surface area contributed by atoms with Crippen molar-refractivity contribution in [1.29, 1.82) is 0 Å². The van der Waals surface area contributed by atoms with Crippen molar-refractivity contribution < 1.29 is 4.79 Å². The lowest BCUT2D eigenvalue weighted by Crippen LogP contribution is -2.57. The topological polar surface area (TPSA) is 99.8 Å². The molecule has 6 heteroatoms. The molecule has 1 atom stereocenters. The fraction of sp³-hybridized carbons (Fsp3) is 0.700. The van der Waals surface area contributed by atoms with E-state index in [-0.39, 0.29) is 5.92 Å². The average Bonchev–Trinajstić information content (AvgIpc) is 2.95. The van der Waals surface area contributed by atoms with Crippen LogP contribution in [-0.2, 0) is 11.3 Å². The number of primary amides is 1. The van der Waals surface area contributed by atoms with E-state index in [1.54, 1.807) is 4.68 Å². The van der Waals surface area contributed by atoms with Crippen LogP contribution >= 0.6 is 0 Å². The number of amides is 1. The minimum Gasteiger partial charge on any atom is -0.368 e. The normalized spacial score (nSPS) is 19.4. The summed E-state index contributed by atoms with van der Waals surface area (Å²) in [5.74, 6) is 1.17. The highest BCUT2D eigenvalue weighted by Crippen LogP contribution is 2.39. The SMILES string of the molecule is Cc1nc(C)n(CC(N)(C(N)=O)C2CC2)n1. The van der Waals surface area contributed by atoms with Crippen molar-refractivity contribution in [3.05, 3.63) is 11.6 Å². The molecule has 1 unspecified atom stereocenters. The zero-order valence-electron chi connectivity index (χ0n) is 9.60. The van der Waals surface area contributed by atoms with Crippen molar-refractivity contribution in [3.8, 4) is 0 Å². The van der Waals surface area contributed by atoms with Crippen molar-refractivity contribution in [2.24, 2.45) is 17.4 Å². The Hall–Kier alpha value is -1.43. The first kappa shape index (κ1) is 11.1. The summed E-state index contributed by atoms with van der Waals surface area (Å²) in [6.45, 7) is 3.97. The number of carbonyl (C=O) groups excluding carboxylic acids is 1. The minimum atomic E-state index is -0.981. The molecule has 1 aliphatic rings. The van der Waals surface area contributed by atoms with Crippen LogP contribution in [0.15, 0.2) is 0 Å². The van der Waals surface area contributed by atoms with Crippen LogP contribution in [0.2, 0.25) is 0 Å². The highest BCUT2D eigenvalue weighted by molar-refractivity contribution is 5.85. The third-order valence-electron chi connectivity index (χ3n) is 3.14. The van der Waals surface area contributed by atoms with Gasteiger partial charge < -0.3 is 11.5 Å². The molecule has 1 aromatic heterocycles. The molecule has 16 heavy (non-hydrogen) atoms. The summed E-state index contributed by atoms with van der Waals surface area (Å²) in [4.78, 5) is 15.6. The van der Waals surface area contributed by atoms with Crippen LogP contribution in [0.25, 0.3) is 0 Å². The van der Waals surface area contributed by atoms with Crippen molar-refractivity contribution in [1.82, 2.24) is 14.8 Å². The predicted molar refractivity (Wildman–Crippen MR) is 58.3 cm³/mol. The quantitative estimate of drug-likeness (QED) is 0.717. The van der Waals surface area contributed by atoms with E-state index in [2.05, 4.69) is 10.1 Å². The molecular formula is C10H17N5O. The summed E-state index contributed by atoms with van der Waals surface area (Å²) >= 11 is 0. The summed E-state index contributed by atoms with van der Waals surface area (Å²) in [7, 11) is 0. The molecule has 1 aliphatic carbocycles. The van der Waals surface area contributed by atoms with Crippen LogP contribution in [0.5, 0.6) is 0 Å². The first-order valence-corrected chi connectivity index (χ1v) is 5.40. The van der Waals surface area contributed by atoms with Gasteiger partial charge in [-0.05, 0) is 32.6 Å². The molecule has 0 saturated heterocycles. The second kappa shape index (κ2) is 3.55. The van der Waals surface area contributed by atoms with E-state index in [1.165, 1.54) is 0 Å². The highest BCUT2D eigenvalue weighted by atomic mass is 16.1. The summed E-state index contributed by atoms with van der Waals surface area (Å²) < 4.78 is 1.67. The second-order valence-corrected chi connectivity index (χ2v) is 4.54. The molecule has 1 saturated carbocycles. The number of aryl methyl sites for hydroxylation is 2. The first-order chi connectivity index (χ1) is 7.43. The maximum absolute atomic E-state index is 11.5. The molecule has 1 amide bonds. The molecule has 0 spiro atoms. The van der Waals surface area contributed by atoms with Crippen LogP contribution in [0.4, 0.5) is 0 Å². The van der Waals surface area contributed by atoms with Crippen LogP contribution < -0.4 is 11.5 Å². The Labute approximate surface area is 94.0 Å². The molecule has 6 nitrogen and oxygen atoms in total. The lowest BCUT2D eigenvalue weighted by molar-refractivity contribution is -0.124. The second-order valence-electron chi connectivity index (χ2n) is 4.54. The van der Waals surface area contributed by atoms with Gasteiger partial charge in [0.05, 0.1) is 6.54 Å². The van der Waals surface area contributed by atoms with Gasteiger partial charge in [0.2, 0.25) is 5.91 Å². The number of rotatable bonds is 4. The molecule has 1 heterocycles. The van der Waals surface area contributed by atoms with Gasteiger partial charge in [-0.15, -0.1) is 0 Å². The number of nitrogens with two attached hydrogens (primary N) is 2. The first-order valence-electron chi connectivity index (χ1n) is 5.40. The fourth-order valence-electron chi connectivity index (χ4n) is 1.97. The van der Waals surface area contributed by atoms with Gasteiger partial charge in [0.1, 0.15) is 17.2 Å². The molecule has 0 radical (unpaired) electrons. The van der Waals surface area contributed by atoms with Crippen molar-refractivity contribution in [3.63, 3.8) is 0 Å². The third kappa shape index (κ3) is 1.80. The molecule has 1 aromatic rings. The molecular weight excluding hydrogens is 206 g/mol. The number of carbonyl (C=O) groups is 1. The van der Waals surface area contributed by atoms with Crippen LogP contribution in [-0.4, -0.2) is 26.2 Å². The predicted octanol–water partition coefficient (Wildman–Crippen LogP) is -0.512. The minimum absolute atomic E-state index is 0.189. The Kier molecular flexibility index (Phi) is 2.46. The van der Waals surface area contributed by atoms with Gasteiger partial charge in [-0.3, -0.25) is 4.79 Å². The Morgan fingerprint density at radius 3 is 2.56 bits per heavy atom. The van der Waals surface area contributed by atoms with Gasteiger partial charge in [0.25, 0.3) is 0 Å². The Bertz CT molecular complexity index is 423. The Morgan fingerprint density at radius 2 is 2.19 bits per heavy atom. The monoisotopic (exact) mass is 223 g/mol. The zero-order valence-corrected chi connectivity index (χ0v) is 9.60. The van der Waals surface area contributed by atoms with Crippen LogP contribution in [0.3, 0.4) is 0 Å². The summed E-state index contributed by atoms with van der Waals surface area (Å²) in [6.07, 6.45) is 1.93. The molecule has 0 aromatic carbocycles. The van der Waals surface area contributed by atoms with E-state index in [9.17, 15) is 4.79 Å². The average molecular weight is 223 g/mol.